The first-order valence-electron chi connectivity index (χ1n) is 4.34. The fourth-order valence-electron chi connectivity index (χ4n) is 2.39. The van der Waals surface area contributed by atoms with Crippen LogP contribution in [0, 0.1) is 11.8 Å². The molecule has 0 aromatic heterocycles. The average molecular weight is 171 g/mol. The molecule has 1 saturated heterocycles. The molecule has 1 aliphatic heterocycles. The van der Waals surface area contributed by atoms with Gasteiger partial charge < -0.3 is 15.1 Å². The highest BCUT2D eigenvalue weighted by atomic mass is 16.4. The fraction of sp³-hybridized carbons (Fsp3) is 0.875. The van der Waals surface area contributed by atoms with Crippen molar-refractivity contribution in [2.24, 2.45) is 11.8 Å². The summed E-state index contributed by atoms with van der Waals surface area (Å²) in [5, 5.41) is 18.2. The lowest BCUT2D eigenvalue weighted by atomic mass is 10.00. The molecule has 2 N–H and O–H groups in total. The van der Waals surface area contributed by atoms with Gasteiger partial charge in [-0.05, 0) is 18.8 Å². The summed E-state index contributed by atoms with van der Waals surface area (Å²) >= 11 is 0. The zero-order chi connectivity index (χ0) is 8.72. The SMILES string of the molecule is O=C(O)N1C[C@@H]2CC[C@H](O)[C@@H]2C1. The number of nitrogens with zero attached hydrogens (tertiary/aromatic N) is 1. The number of likely N-dealkylation sites (tertiary alicyclic amines) is 1. The van der Waals surface area contributed by atoms with Crippen LogP contribution in [0.3, 0.4) is 0 Å². The molecule has 68 valence electrons. The summed E-state index contributed by atoms with van der Waals surface area (Å²) in [6, 6.07) is 0. The van der Waals surface area contributed by atoms with Gasteiger partial charge in [0.25, 0.3) is 0 Å². The van der Waals surface area contributed by atoms with E-state index in [0.29, 0.717) is 19.0 Å². The van der Waals surface area contributed by atoms with Crippen molar-refractivity contribution < 1.29 is 15.0 Å². The minimum Gasteiger partial charge on any atom is -0.465 e. The number of aliphatic hydroxyl groups is 1. The highest BCUT2D eigenvalue weighted by Gasteiger charge is 2.43. The van der Waals surface area contributed by atoms with Crippen molar-refractivity contribution in [2.75, 3.05) is 13.1 Å². The largest absolute Gasteiger partial charge is 0.465 e. The molecule has 0 spiro atoms. The van der Waals surface area contributed by atoms with Crippen LogP contribution in [0.25, 0.3) is 0 Å². The van der Waals surface area contributed by atoms with Gasteiger partial charge >= 0.3 is 6.09 Å². The van der Waals surface area contributed by atoms with Gasteiger partial charge in [-0.1, -0.05) is 0 Å². The summed E-state index contributed by atoms with van der Waals surface area (Å²) in [4.78, 5) is 12.0. The Morgan fingerprint density at radius 3 is 2.67 bits per heavy atom. The van der Waals surface area contributed by atoms with Crippen LogP contribution in [0.2, 0.25) is 0 Å². The van der Waals surface area contributed by atoms with Crippen molar-refractivity contribution in [3.63, 3.8) is 0 Å². The predicted octanol–water partition coefficient (Wildman–Crippen LogP) is 0.367. The van der Waals surface area contributed by atoms with E-state index in [0.717, 1.165) is 12.8 Å². The number of hydrogen-bond donors (Lipinski definition) is 2. The molecular weight excluding hydrogens is 158 g/mol. The third kappa shape index (κ3) is 1.06. The molecule has 1 aliphatic carbocycles. The maximum atomic E-state index is 10.6. The molecule has 0 aromatic rings. The van der Waals surface area contributed by atoms with Gasteiger partial charge in [0.05, 0.1) is 6.10 Å². The number of hydrogen-bond acceptors (Lipinski definition) is 2. The first-order chi connectivity index (χ1) is 5.68. The number of carboxylic acid groups (broad SMARTS) is 1. The van der Waals surface area contributed by atoms with Crippen molar-refractivity contribution in [1.29, 1.82) is 0 Å². The molecule has 0 unspecified atom stereocenters. The predicted molar refractivity (Wildman–Crippen MR) is 41.8 cm³/mol. The second kappa shape index (κ2) is 2.62. The molecule has 3 atom stereocenters. The topological polar surface area (TPSA) is 60.8 Å². The molecule has 1 saturated carbocycles. The first kappa shape index (κ1) is 7.86. The van der Waals surface area contributed by atoms with E-state index in [1.807, 2.05) is 0 Å². The zero-order valence-electron chi connectivity index (χ0n) is 6.81. The lowest BCUT2D eigenvalue weighted by Gasteiger charge is -2.13. The number of rotatable bonds is 0. The van der Waals surface area contributed by atoms with E-state index in [1.165, 1.54) is 4.90 Å². The number of fused-ring (bicyclic) bond motifs is 1. The maximum absolute atomic E-state index is 10.6. The summed E-state index contributed by atoms with van der Waals surface area (Å²) in [7, 11) is 0. The fourth-order valence-corrected chi connectivity index (χ4v) is 2.39. The molecule has 2 aliphatic rings. The normalized spacial score (nSPS) is 40.1. The van der Waals surface area contributed by atoms with Crippen LogP contribution in [0.5, 0.6) is 0 Å². The first-order valence-corrected chi connectivity index (χ1v) is 4.34. The number of carbonyl (C=O) groups is 1. The van der Waals surface area contributed by atoms with Gasteiger partial charge in [0.2, 0.25) is 0 Å². The number of amides is 1. The lowest BCUT2D eigenvalue weighted by Crippen LogP contribution is -2.29. The van der Waals surface area contributed by atoms with Crippen LogP contribution < -0.4 is 0 Å². The van der Waals surface area contributed by atoms with E-state index in [1.54, 1.807) is 0 Å². The quantitative estimate of drug-likeness (QED) is 0.553. The second-order valence-electron chi connectivity index (χ2n) is 3.76. The van der Waals surface area contributed by atoms with Crippen molar-refractivity contribution in [1.82, 2.24) is 4.90 Å². The molecule has 0 bridgehead atoms. The van der Waals surface area contributed by atoms with Crippen molar-refractivity contribution in [3.8, 4) is 0 Å². The maximum Gasteiger partial charge on any atom is 0.407 e. The lowest BCUT2D eigenvalue weighted by molar-refractivity contribution is 0.118. The Bertz CT molecular complexity index is 206. The summed E-state index contributed by atoms with van der Waals surface area (Å²) < 4.78 is 0. The standard InChI is InChI=1S/C8H13NO3/c10-7-2-1-5-3-9(8(11)12)4-6(5)7/h5-7,10H,1-4H2,(H,11,12)/t5-,6+,7-/m0/s1. The van der Waals surface area contributed by atoms with Crippen LogP contribution in [0.1, 0.15) is 12.8 Å². The molecule has 0 radical (unpaired) electrons. The van der Waals surface area contributed by atoms with E-state index >= 15 is 0 Å². The van der Waals surface area contributed by atoms with E-state index in [9.17, 15) is 9.90 Å². The molecule has 0 aromatic carbocycles. The summed E-state index contributed by atoms with van der Waals surface area (Å²) in [6.07, 6.45) is 0.717. The van der Waals surface area contributed by atoms with Crippen LogP contribution in [-0.4, -0.2) is 40.4 Å². The van der Waals surface area contributed by atoms with Crippen LogP contribution in [0.15, 0.2) is 0 Å². The Hall–Kier alpha value is -0.770. The molecule has 2 fully saturated rings. The average Bonchev–Trinajstić information content (AvgIpc) is 2.53. The third-order valence-electron chi connectivity index (χ3n) is 3.09. The van der Waals surface area contributed by atoms with E-state index in [4.69, 9.17) is 5.11 Å². The Labute approximate surface area is 70.8 Å². The van der Waals surface area contributed by atoms with Gasteiger partial charge in [-0.3, -0.25) is 0 Å². The Morgan fingerprint density at radius 1 is 1.33 bits per heavy atom. The Morgan fingerprint density at radius 2 is 2.08 bits per heavy atom. The minimum atomic E-state index is -0.850. The van der Waals surface area contributed by atoms with Gasteiger partial charge in [-0.2, -0.15) is 0 Å². The molecule has 12 heavy (non-hydrogen) atoms. The molecule has 4 heteroatoms. The molecule has 2 rings (SSSR count). The molecule has 4 nitrogen and oxygen atoms in total. The summed E-state index contributed by atoms with van der Waals surface area (Å²) in [6.45, 7) is 1.15. The van der Waals surface area contributed by atoms with Gasteiger partial charge in [0.15, 0.2) is 0 Å². The molecule has 1 heterocycles. The van der Waals surface area contributed by atoms with Crippen molar-refractivity contribution in [3.05, 3.63) is 0 Å². The summed E-state index contributed by atoms with van der Waals surface area (Å²) in [5.41, 5.74) is 0. The van der Waals surface area contributed by atoms with E-state index in [2.05, 4.69) is 0 Å². The monoisotopic (exact) mass is 171 g/mol. The van der Waals surface area contributed by atoms with E-state index < -0.39 is 6.09 Å². The Balaban J connectivity index is 2.03. The van der Waals surface area contributed by atoms with Crippen molar-refractivity contribution >= 4 is 6.09 Å². The zero-order valence-corrected chi connectivity index (χ0v) is 6.81. The minimum absolute atomic E-state index is 0.209. The molecule has 1 amide bonds. The van der Waals surface area contributed by atoms with Gasteiger partial charge in [0.1, 0.15) is 0 Å². The van der Waals surface area contributed by atoms with Crippen LogP contribution in [-0.2, 0) is 0 Å². The highest BCUT2D eigenvalue weighted by molar-refractivity contribution is 5.65. The molecular formula is C8H13NO3. The smallest absolute Gasteiger partial charge is 0.407 e. The van der Waals surface area contributed by atoms with Gasteiger partial charge in [-0.25, -0.2) is 4.79 Å². The highest BCUT2D eigenvalue weighted by Crippen LogP contribution is 2.37. The number of aliphatic hydroxyl groups excluding tert-OH is 1. The van der Waals surface area contributed by atoms with Crippen LogP contribution in [0.4, 0.5) is 4.79 Å². The second-order valence-corrected chi connectivity index (χ2v) is 3.76. The van der Waals surface area contributed by atoms with E-state index in [-0.39, 0.29) is 12.0 Å². The van der Waals surface area contributed by atoms with Gasteiger partial charge in [0, 0.05) is 19.0 Å². The van der Waals surface area contributed by atoms with Crippen molar-refractivity contribution in [2.45, 2.75) is 18.9 Å². The van der Waals surface area contributed by atoms with Gasteiger partial charge in [-0.15, -0.1) is 0 Å². The third-order valence-corrected chi connectivity index (χ3v) is 3.09. The summed E-state index contributed by atoms with van der Waals surface area (Å²) in [5.74, 6) is 0.622. The Kier molecular flexibility index (Phi) is 1.72. The van der Waals surface area contributed by atoms with Crippen LogP contribution >= 0.6 is 0 Å².